The number of hydrogen-bond acceptors (Lipinski definition) is 3. The van der Waals surface area contributed by atoms with Crippen molar-refractivity contribution in [2.75, 3.05) is 26.7 Å². The molecule has 152 valence electrons. The molecule has 0 bridgehead atoms. The van der Waals surface area contributed by atoms with Gasteiger partial charge in [-0.1, -0.05) is 71.3 Å². The van der Waals surface area contributed by atoms with Crippen LogP contribution in [0, 0.1) is 0 Å². The normalized spacial score (nSPS) is 10.0. The van der Waals surface area contributed by atoms with Crippen molar-refractivity contribution in [3.8, 4) is 0 Å². The number of nitrogens with zero attached hydrogens (tertiary/aromatic N) is 1. The van der Waals surface area contributed by atoms with E-state index in [1.807, 2.05) is 0 Å². The zero-order valence-electron chi connectivity index (χ0n) is 16.9. The number of rotatable bonds is 17. The molecular weight excluding hydrogens is 334 g/mol. The van der Waals surface area contributed by atoms with Gasteiger partial charge in [0.25, 0.3) is 0 Å². The highest BCUT2D eigenvalue weighted by Gasteiger charge is 1.99. The molecule has 0 heterocycles. The quantitative estimate of drug-likeness (QED) is 0.259. The van der Waals surface area contributed by atoms with Gasteiger partial charge in [0.1, 0.15) is 0 Å². The lowest BCUT2D eigenvalue weighted by Crippen LogP contribution is -2.24. The summed E-state index contributed by atoms with van der Waals surface area (Å²) in [6.07, 6.45) is 17.5. The number of halogens is 1. The monoisotopic (exact) mass is 377 g/mol. The summed E-state index contributed by atoms with van der Waals surface area (Å²) in [5, 5.41) is 2.82. The fourth-order valence-electron chi connectivity index (χ4n) is 2.77. The van der Waals surface area contributed by atoms with Crippen LogP contribution in [0.5, 0.6) is 0 Å². The summed E-state index contributed by atoms with van der Waals surface area (Å²) < 4.78 is 0. The molecule has 0 spiro atoms. The van der Waals surface area contributed by atoms with Gasteiger partial charge < -0.3 is 16.4 Å². The van der Waals surface area contributed by atoms with Gasteiger partial charge in [0, 0.05) is 6.54 Å². The molecule has 4 nitrogen and oxygen atoms in total. The molecule has 0 aromatic carbocycles. The minimum atomic E-state index is -0.0660. The highest BCUT2D eigenvalue weighted by molar-refractivity contribution is 5.86. The number of carbonyl (C=O) groups excluding carboxylic acids is 1. The van der Waals surface area contributed by atoms with Gasteiger partial charge in [0.15, 0.2) is 0 Å². The van der Waals surface area contributed by atoms with Gasteiger partial charge in [-0.15, -0.1) is 12.4 Å². The third kappa shape index (κ3) is 23.4. The van der Waals surface area contributed by atoms with E-state index in [0.29, 0.717) is 0 Å². The van der Waals surface area contributed by atoms with Crippen LogP contribution in [0.25, 0.3) is 0 Å². The maximum absolute atomic E-state index is 11.0. The molecule has 5 heteroatoms. The standard InChI is InChI=1S/C20H40N2O.ClH.H3N/c1-4-6-7-8-9-10-11-12-13-15-18-22(3)19-16-14-17-21-20(23)5-2;;/h5H,2,4,6-19H2,1,3H3,(H,21,23);1H;1H3. The molecule has 0 rings (SSSR count). The van der Waals surface area contributed by atoms with E-state index < -0.39 is 0 Å². The second-order valence-electron chi connectivity index (χ2n) is 6.69. The summed E-state index contributed by atoms with van der Waals surface area (Å²) >= 11 is 0. The maximum Gasteiger partial charge on any atom is 0.243 e. The Kier molecular flexibility index (Phi) is 27.3. The number of hydrogen-bond donors (Lipinski definition) is 2. The van der Waals surface area contributed by atoms with Crippen molar-refractivity contribution < 1.29 is 4.79 Å². The molecule has 0 aliphatic rings. The lowest BCUT2D eigenvalue weighted by atomic mass is 10.1. The van der Waals surface area contributed by atoms with Crippen molar-refractivity contribution in [1.29, 1.82) is 0 Å². The topological polar surface area (TPSA) is 67.3 Å². The van der Waals surface area contributed by atoms with E-state index >= 15 is 0 Å². The fraction of sp³-hybridized carbons (Fsp3) is 0.850. The molecule has 0 unspecified atom stereocenters. The van der Waals surface area contributed by atoms with Crippen LogP contribution in [-0.4, -0.2) is 37.5 Å². The van der Waals surface area contributed by atoms with Crippen molar-refractivity contribution >= 4 is 18.3 Å². The summed E-state index contributed by atoms with van der Waals surface area (Å²) in [6.45, 7) is 8.81. The number of nitrogens with one attached hydrogen (secondary N) is 1. The van der Waals surface area contributed by atoms with Gasteiger partial charge in [-0.3, -0.25) is 4.79 Å². The molecule has 1 amide bonds. The van der Waals surface area contributed by atoms with E-state index in [2.05, 4.69) is 30.8 Å². The molecule has 0 aromatic heterocycles. The average Bonchev–Trinajstić information content (AvgIpc) is 2.56. The van der Waals surface area contributed by atoms with Crippen LogP contribution in [0.1, 0.15) is 84.0 Å². The molecular formula is C20H44ClN3O. The first kappa shape index (κ1) is 29.2. The zero-order valence-corrected chi connectivity index (χ0v) is 17.7. The lowest BCUT2D eigenvalue weighted by Gasteiger charge is -2.16. The van der Waals surface area contributed by atoms with E-state index in [9.17, 15) is 4.79 Å². The Hall–Kier alpha value is -0.580. The Morgan fingerprint density at radius 1 is 0.880 bits per heavy atom. The molecule has 0 atom stereocenters. The van der Waals surface area contributed by atoms with Crippen LogP contribution >= 0.6 is 12.4 Å². The highest BCUT2D eigenvalue weighted by Crippen LogP contribution is 2.10. The largest absolute Gasteiger partial charge is 0.353 e. The van der Waals surface area contributed by atoms with Crippen molar-refractivity contribution in [3.05, 3.63) is 12.7 Å². The molecule has 0 fully saturated rings. The SMILES string of the molecule is C=CC(=O)NCCCCN(C)CCCCCCCCCCCC.Cl.N. The van der Waals surface area contributed by atoms with Gasteiger partial charge >= 0.3 is 0 Å². The predicted octanol–water partition coefficient (Wildman–Crippen LogP) is 5.51. The molecule has 0 radical (unpaired) electrons. The van der Waals surface area contributed by atoms with Crippen LogP contribution in [0.4, 0.5) is 0 Å². The van der Waals surface area contributed by atoms with E-state index in [4.69, 9.17) is 0 Å². The third-order valence-electron chi connectivity index (χ3n) is 4.34. The first-order valence-electron chi connectivity index (χ1n) is 9.79. The molecule has 0 aromatic rings. The second-order valence-corrected chi connectivity index (χ2v) is 6.69. The van der Waals surface area contributed by atoms with Gasteiger partial charge in [0.05, 0.1) is 0 Å². The molecule has 25 heavy (non-hydrogen) atoms. The van der Waals surface area contributed by atoms with Crippen molar-refractivity contribution in [1.82, 2.24) is 16.4 Å². The van der Waals surface area contributed by atoms with Crippen LogP contribution in [0.2, 0.25) is 0 Å². The number of unbranched alkanes of at least 4 members (excludes halogenated alkanes) is 10. The van der Waals surface area contributed by atoms with Crippen LogP contribution < -0.4 is 11.5 Å². The Balaban J connectivity index is -0.00000242. The van der Waals surface area contributed by atoms with Crippen molar-refractivity contribution in [3.63, 3.8) is 0 Å². The van der Waals surface area contributed by atoms with Crippen molar-refractivity contribution in [2.45, 2.75) is 84.0 Å². The van der Waals surface area contributed by atoms with Gasteiger partial charge in [-0.25, -0.2) is 0 Å². The average molecular weight is 378 g/mol. The molecule has 0 saturated heterocycles. The van der Waals surface area contributed by atoms with Crippen LogP contribution in [0.15, 0.2) is 12.7 Å². The molecule has 0 aliphatic heterocycles. The smallest absolute Gasteiger partial charge is 0.243 e. The predicted molar refractivity (Wildman–Crippen MR) is 114 cm³/mol. The van der Waals surface area contributed by atoms with Gasteiger partial charge in [-0.05, 0) is 45.5 Å². The summed E-state index contributed by atoms with van der Waals surface area (Å²) in [6, 6.07) is 0. The third-order valence-corrected chi connectivity index (χ3v) is 4.34. The van der Waals surface area contributed by atoms with Gasteiger partial charge in [-0.2, -0.15) is 0 Å². The Labute approximate surface area is 163 Å². The van der Waals surface area contributed by atoms with E-state index in [1.54, 1.807) is 0 Å². The van der Waals surface area contributed by atoms with E-state index in [1.165, 1.54) is 76.8 Å². The summed E-state index contributed by atoms with van der Waals surface area (Å²) in [4.78, 5) is 13.4. The fourth-order valence-corrected chi connectivity index (χ4v) is 2.77. The minimum absolute atomic E-state index is 0. The lowest BCUT2D eigenvalue weighted by molar-refractivity contribution is -0.116. The van der Waals surface area contributed by atoms with Crippen LogP contribution in [0.3, 0.4) is 0 Å². The Morgan fingerprint density at radius 2 is 1.32 bits per heavy atom. The molecule has 4 N–H and O–H groups in total. The van der Waals surface area contributed by atoms with Crippen LogP contribution in [-0.2, 0) is 4.79 Å². The van der Waals surface area contributed by atoms with Crippen molar-refractivity contribution in [2.24, 2.45) is 0 Å². The summed E-state index contributed by atoms with van der Waals surface area (Å²) in [5.74, 6) is -0.0660. The summed E-state index contributed by atoms with van der Waals surface area (Å²) in [5.41, 5.74) is 0. The number of carbonyl (C=O) groups is 1. The maximum atomic E-state index is 11.0. The molecule has 0 aliphatic carbocycles. The van der Waals surface area contributed by atoms with Gasteiger partial charge in [0.2, 0.25) is 5.91 Å². The Morgan fingerprint density at radius 3 is 1.80 bits per heavy atom. The molecule has 0 saturated carbocycles. The number of amides is 1. The van der Waals surface area contributed by atoms with E-state index in [-0.39, 0.29) is 24.5 Å². The first-order chi connectivity index (χ1) is 11.2. The Bertz CT molecular complexity index is 288. The first-order valence-corrected chi connectivity index (χ1v) is 9.79. The zero-order chi connectivity index (χ0) is 17.2. The highest BCUT2D eigenvalue weighted by atomic mass is 35.5. The second kappa shape index (κ2) is 23.4. The summed E-state index contributed by atoms with van der Waals surface area (Å²) in [7, 11) is 2.20. The van der Waals surface area contributed by atoms with E-state index in [0.717, 1.165) is 25.9 Å². The minimum Gasteiger partial charge on any atom is -0.353 e.